The summed E-state index contributed by atoms with van der Waals surface area (Å²) in [7, 11) is 1.67. The average Bonchev–Trinajstić information content (AvgIpc) is 2.67. The number of benzene rings is 3. The van der Waals surface area contributed by atoms with Crippen LogP contribution >= 0.6 is 0 Å². The average molecular weight is 317 g/mol. The standard InChI is InChI=1S/C22H21O2/c1-17(19-11-13-21(23-2)14-12-19)20-9-6-10-22(15-20)24-16-18-7-4-3-5-8-18/h3-15,17H,1,16H2,2H3. The zero-order chi connectivity index (χ0) is 16.8. The molecule has 3 aromatic rings. The van der Waals surface area contributed by atoms with Gasteiger partial charge < -0.3 is 9.47 Å². The zero-order valence-corrected chi connectivity index (χ0v) is 13.8. The van der Waals surface area contributed by atoms with E-state index in [0.717, 1.165) is 28.2 Å². The molecule has 0 saturated carbocycles. The molecule has 0 aliphatic heterocycles. The predicted octanol–water partition coefficient (Wildman–Crippen LogP) is 5.24. The quantitative estimate of drug-likeness (QED) is 0.619. The van der Waals surface area contributed by atoms with E-state index in [2.05, 4.69) is 31.2 Å². The Hall–Kier alpha value is -2.74. The van der Waals surface area contributed by atoms with E-state index in [0.29, 0.717) is 6.61 Å². The van der Waals surface area contributed by atoms with Gasteiger partial charge in [-0.3, -0.25) is 0 Å². The summed E-state index contributed by atoms with van der Waals surface area (Å²) in [6.45, 7) is 4.86. The molecule has 0 amide bonds. The summed E-state index contributed by atoms with van der Waals surface area (Å²) in [5.74, 6) is 1.76. The van der Waals surface area contributed by atoms with Gasteiger partial charge in [0.15, 0.2) is 0 Å². The molecule has 0 aliphatic carbocycles. The van der Waals surface area contributed by atoms with Crippen LogP contribution in [0.2, 0.25) is 0 Å². The van der Waals surface area contributed by atoms with E-state index in [1.54, 1.807) is 7.11 Å². The molecule has 0 aromatic heterocycles. The van der Waals surface area contributed by atoms with Gasteiger partial charge in [0, 0.05) is 5.92 Å². The summed E-state index contributed by atoms with van der Waals surface area (Å²) in [5.41, 5.74) is 3.44. The highest BCUT2D eigenvalue weighted by Gasteiger charge is 2.10. The van der Waals surface area contributed by atoms with Crippen molar-refractivity contribution >= 4 is 0 Å². The van der Waals surface area contributed by atoms with Crippen molar-refractivity contribution in [1.82, 2.24) is 0 Å². The number of methoxy groups -OCH3 is 1. The largest absolute Gasteiger partial charge is 0.497 e. The lowest BCUT2D eigenvalue weighted by Gasteiger charge is -2.14. The molecule has 3 rings (SSSR count). The molecule has 0 spiro atoms. The van der Waals surface area contributed by atoms with E-state index in [4.69, 9.17) is 9.47 Å². The highest BCUT2D eigenvalue weighted by atomic mass is 16.5. The Labute approximate surface area is 143 Å². The van der Waals surface area contributed by atoms with E-state index < -0.39 is 0 Å². The van der Waals surface area contributed by atoms with Crippen LogP contribution in [0.5, 0.6) is 11.5 Å². The summed E-state index contributed by atoms with van der Waals surface area (Å²) in [4.78, 5) is 0. The molecule has 0 heterocycles. The molecule has 2 nitrogen and oxygen atoms in total. The molecule has 0 bridgehead atoms. The maximum absolute atomic E-state index is 5.91. The molecule has 0 fully saturated rings. The van der Waals surface area contributed by atoms with E-state index in [1.165, 1.54) is 0 Å². The molecule has 2 heteroatoms. The van der Waals surface area contributed by atoms with Gasteiger partial charge in [-0.25, -0.2) is 0 Å². The van der Waals surface area contributed by atoms with Crippen LogP contribution in [-0.2, 0) is 6.61 Å². The molecular formula is C22H21O2. The number of ether oxygens (including phenoxy) is 2. The van der Waals surface area contributed by atoms with Crippen LogP contribution in [0.4, 0.5) is 0 Å². The first-order chi connectivity index (χ1) is 11.8. The van der Waals surface area contributed by atoms with Crippen LogP contribution in [0.15, 0.2) is 78.9 Å². The molecule has 0 saturated heterocycles. The molecule has 0 N–H and O–H groups in total. The molecule has 1 radical (unpaired) electrons. The highest BCUT2D eigenvalue weighted by Crippen LogP contribution is 2.28. The Morgan fingerprint density at radius 1 is 0.792 bits per heavy atom. The summed E-state index contributed by atoms with van der Waals surface area (Å²) in [6, 6.07) is 26.3. The second-order valence-electron chi connectivity index (χ2n) is 5.67. The minimum absolute atomic E-state index is 0.0520. The first kappa shape index (κ1) is 16.1. The number of hydrogen-bond donors (Lipinski definition) is 0. The van der Waals surface area contributed by atoms with Crippen molar-refractivity contribution in [3.05, 3.63) is 102 Å². The molecule has 0 aliphatic rings. The summed E-state index contributed by atoms with van der Waals surface area (Å²) < 4.78 is 11.1. The van der Waals surface area contributed by atoms with Gasteiger partial charge in [0.05, 0.1) is 7.11 Å². The third-order valence-corrected chi connectivity index (χ3v) is 4.03. The Kier molecular flexibility index (Phi) is 5.17. The van der Waals surface area contributed by atoms with Gasteiger partial charge in [0.1, 0.15) is 18.1 Å². The van der Waals surface area contributed by atoms with Crippen LogP contribution in [0.1, 0.15) is 22.6 Å². The van der Waals surface area contributed by atoms with Crippen molar-refractivity contribution in [2.24, 2.45) is 0 Å². The smallest absolute Gasteiger partial charge is 0.120 e. The van der Waals surface area contributed by atoms with Crippen molar-refractivity contribution < 1.29 is 9.47 Å². The van der Waals surface area contributed by atoms with Crippen molar-refractivity contribution in [3.63, 3.8) is 0 Å². The second-order valence-corrected chi connectivity index (χ2v) is 5.67. The van der Waals surface area contributed by atoms with Gasteiger partial charge in [0.25, 0.3) is 0 Å². The molecule has 24 heavy (non-hydrogen) atoms. The fraction of sp³-hybridized carbons (Fsp3) is 0.136. The van der Waals surface area contributed by atoms with Crippen molar-refractivity contribution in [2.45, 2.75) is 12.5 Å². The predicted molar refractivity (Wildman–Crippen MR) is 97.4 cm³/mol. The number of hydrogen-bond acceptors (Lipinski definition) is 2. The number of rotatable bonds is 6. The lowest BCUT2D eigenvalue weighted by Crippen LogP contribution is -1.99. The lowest BCUT2D eigenvalue weighted by atomic mass is 9.93. The first-order valence-corrected chi connectivity index (χ1v) is 8.00. The van der Waals surface area contributed by atoms with Gasteiger partial charge in [0.2, 0.25) is 0 Å². The van der Waals surface area contributed by atoms with Crippen molar-refractivity contribution in [2.75, 3.05) is 7.11 Å². The van der Waals surface area contributed by atoms with Crippen LogP contribution in [0, 0.1) is 6.92 Å². The Bertz CT molecular complexity index is 763. The minimum atomic E-state index is 0.0520. The molecule has 1 unspecified atom stereocenters. The van der Waals surface area contributed by atoms with Crippen LogP contribution in [0.3, 0.4) is 0 Å². The highest BCUT2D eigenvalue weighted by molar-refractivity contribution is 5.40. The van der Waals surface area contributed by atoms with E-state index in [-0.39, 0.29) is 5.92 Å². The SMILES string of the molecule is [CH2]C(c1ccc(OC)cc1)c1cccc(OCc2ccccc2)c1. The molecule has 121 valence electrons. The Morgan fingerprint density at radius 2 is 1.54 bits per heavy atom. The van der Waals surface area contributed by atoms with Gasteiger partial charge in [-0.1, -0.05) is 54.6 Å². The second kappa shape index (κ2) is 7.69. The third-order valence-electron chi connectivity index (χ3n) is 4.03. The van der Waals surface area contributed by atoms with Gasteiger partial charge in [-0.2, -0.15) is 0 Å². The van der Waals surface area contributed by atoms with E-state index in [1.807, 2.05) is 54.6 Å². The van der Waals surface area contributed by atoms with E-state index >= 15 is 0 Å². The summed E-state index contributed by atoms with van der Waals surface area (Å²) >= 11 is 0. The minimum Gasteiger partial charge on any atom is -0.497 e. The molecule has 1 atom stereocenters. The topological polar surface area (TPSA) is 18.5 Å². The molecular weight excluding hydrogens is 296 g/mol. The van der Waals surface area contributed by atoms with Gasteiger partial charge in [-0.05, 0) is 47.9 Å². The van der Waals surface area contributed by atoms with Gasteiger partial charge >= 0.3 is 0 Å². The third kappa shape index (κ3) is 3.96. The first-order valence-electron chi connectivity index (χ1n) is 8.00. The maximum atomic E-state index is 5.91. The molecule has 3 aromatic carbocycles. The monoisotopic (exact) mass is 317 g/mol. The zero-order valence-electron chi connectivity index (χ0n) is 13.8. The Balaban J connectivity index is 1.71. The van der Waals surface area contributed by atoms with Crippen LogP contribution in [0.25, 0.3) is 0 Å². The van der Waals surface area contributed by atoms with Gasteiger partial charge in [-0.15, -0.1) is 0 Å². The lowest BCUT2D eigenvalue weighted by molar-refractivity contribution is 0.306. The van der Waals surface area contributed by atoms with Crippen LogP contribution in [-0.4, -0.2) is 7.11 Å². The normalized spacial score (nSPS) is 11.8. The summed E-state index contributed by atoms with van der Waals surface area (Å²) in [5, 5.41) is 0. The Morgan fingerprint density at radius 3 is 2.25 bits per heavy atom. The van der Waals surface area contributed by atoms with Crippen molar-refractivity contribution in [1.29, 1.82) is 0 Å². The van der Waals surface area contributed by atoms with Crippen molar-refractivity contribution in [3.8, 4) is 11.5 Å². The maximum Gasteiger partial charge on any atom is 0.120 e. The fourth-order valence-corrected chi connectivity index (χ4v) is 2.59. The summed E-state index contributed by atoms with van der Waals surface area (Å²) in [6.07, 6.45) is 0. The van der Waals surface area contributed by atoms with Crippen LogP contribution < -0.4 is 9.47 Å². The van der Waals surface area contributed by atoms with E-state index in [9.17, 15) is 0 Å². The fourth-order valence-electron chi connectivity index (χ4n) is 2.59.